The summed E-state index contributed by atoms with van der Waals surface area (Å²) in [5.41, 5.74) is 0. The molecule has 0 saturated heterocycles. The molecule has 0 rings (SSSR count). The lowest BCUT2D eigenvalue weighted by atomic mass is 10.7. The molecule has 0 amide bonds. The van der Waals surface area contributed by atoms with Gasteiger partial charge in [0, 0.05) is 13.2 Å². The monoisotopic (exact) mass is 151 g/mol. The van der Waals surface area contributed by atoms with Crippen molar-refractivity contribution in [3.8, 4) is 0 Å². The highest BCUT2D eigenvalue weighted by molar-refractivity contribution is 6.18. The van der Waals surface area contributed by atoms with Crippen molar-refractivity contribution in [3.63, 3.8) is 0 Å². The largest absolute Gasteiger partial charge is 0.345 e. The van der Waals surface area contributed by atoms with Gasteiger partial charge in [-0.25, -0.2) is 0 Å². The van der Waals surface area contributed by atoms with Gasteiger partial charge in [-0.2, -0.15) is 0 Å². The summed E-state index contributed by atoms with van der Waals surface area (Å²) in [6.07, 6.45) is 0.515. The Labute approximate surface area is 61.1 Å². The molecule has 0 aromatic heterocycles. The average molecular weight is 152 g/mol. The van der Waals surface area contributed by atoms with Crippen molar-refractivity contribution in [2.45, 2.75) is 13.8 Å². The second kappa shape index (κ2) is 6.33. The summed E-state index contributed by atoms with van der Waals surface area (Å²) in [6.45, 7) is 5.02. The second-order valence-electron chi connectivity index (χ2n) is 1.37. The van der Waals surface area contributed by atoms with E-state index in [1.807, 2.05) is 13.8 Å². The Morgan fingerprint density at radius 1 is 1.22 bits per heavy atom. The fourth-order valence-corrected chi connectivity index (χ4v) is 0.595. The Hall–Kier alpha value is 0.210. The van der Waals surface area contributed by atoms with E-state index in [0.29, 0.717) is 25.4 Å². The van der Waals surface area contributed by atoms with Gasteiger partial charge in [-0.15, -0.1) is 11.6 Å². The lowest BCUT2D eigenvalue weighted by molar-refractivity contribution is -0.0260. The zero-order valence-electron chi connectivity index (χ0n) is 5.82. The van der Waals surface area contributed by atoms with Crippen LogP contribution < -0.4 is 0 Å². The zero-order valence-corrected chi connectivity index (χ0v) is 6.57. The summed E-state index contributed by atoms with van der Waals surface area (Å²) in [4.78, 5) is 0. The standard InChI is InChI=1S/C6H12ClO2/c1-3-8-6(5-7)9-4-2/h3-5H2,1-2H3. The Morgan fingerprint density at radius 3 is 1.89 bits per heavy atom. The van der Waals surface area contributed by atoms with Crippen LogP contribution in [0.25, 0.3) is 0 Å². The molecule has 55 valence electrons. The maximum atomic E-state index is 5.44. The maximum absolute atomic E-state index is 5.44. The van der Waals surface area contributed by atoms with E-state index in [9.17, 15) is 0 Å². The molecule has 0 spiro atoms. The molecule has 0 aliphatic carbocycles. The Kier molecular flexibility index (Phi) is 6.48. The molecule has 0 atom stereocenters. The fourth-order valence-electron chi connectivity index (χ4n) is 0.441. The van der Waals surface area contributed by atoms with Crippen LogP contribution in [0, 0.1) is 6.29 Å². The third kappa shape index (κ3) is 4.70. The summed E-state index contributed by atoms with van der Waals surface area (Å²) >= 11 is 5.44. The third-order valence-electron chi connectivity index (χ3n) is 0.720. The van der Waals surface area contributed by atoms with Crippen LogP contribution in [0.5, 0.6) is 0 Å². The molecule has 0 aromatic carbocycles. The van der Waals surface area contributed by atoms with Gasteiger partial charge in [-0.3, -0.25) is 0 Å². The van der Waals surface area contributed by atoms with Crippen LogP contribution in [0.4, 0.5) is 0 Å². The molecule has 0 N–H and O–H groups in total. The summed E-state index contributed by atoms with van der Waals surface area (Å²) < 4.78 is 9.99. The molecule has 2 nitrogen and oxygen atoms in total. The Balaban J connectivity index is 3.18. The first kappa shape index (κ1) is 9.21. The second-order valence-corrected chi connectivity index (χ2v) is 1.64. The Bertz CT molecular complexity index is 53.0. The minimum Gasteiger partial charge on any atom is -0.345 e. The molecule has 0 unspecified atom stereocenters. The quantitative estimate of drug-likeness (QED) is 0.558. The van der Waals surface area contributed by atoms with Gasteiger partial charge in [-0.05, 0) is 13.8 Å². The predicted octanol–water partition coefficient (Wildman–Crippen LogP) is 1.79. The molecule has 1 radical (unpaired) electrons. The molecule has 0 bridgehead atoms. The van der Waals surface area contributed by atoms with Crippen LogP contribution >= 0.6 is 11.6 Å². The molecule has 0 saturated carbocycles. The number of halogens is 1. The number of ether oxygens (including phenoxy) is 2. The van der Waals surface area contributed by atoms with Crippen molar-refractivity contribution in [3.05, 3.63) is 6.29 Å². The summed E-state index contributed by atoms with van der Waals surface area (Å²) in [6, 6.07) is 0. The zero-order chi connectivity index (χ0) is 7.11. The highest BCUT2D eigenvalue weighted by atomic mass is 35.5. The van der Waals surface area contributed by atoms with E-state index in [4.69, 9.17) is 21.1 Å². The number of hydrogen-bond donors (Lipinski definition) is 0. The molecular weight excluding hydrogens is 140 g/mol. The first-order valence-electron chi connectivity index (χ1n) is 3.02. The van der Waals surface area contributed by atoms with Crippen molar-refractivity contribution in [2.24, 2.45) is 0 Å². The highest BCUT2D eigenvalue weighted by Crippen LogP contribution is 2.05. The molecule has 9 heavy (non-hydrogen) atoms. The highest BCUT2D eigenvalue weighted by Gasteiger charge is 2.05. The van der Waals surface area contributed by atoms with E-state index in [1.165, 1.54) is 0 Å². The number of hydrogen-bond acceptors (Lipinski definition) is 2. The van der Waals surface area contributed by atoms with E-state index in [2.05, 4.69) is 0 Å². The number of alkyl halides is 1. The minimum atomic E-state index is 0.321. The van der Waals surface area contributed by atoms with Crippen LogP contribution in [0.1, 0.15) is 13.8 Å². The molecule has 0 aromatic rings. The van der Waals surface area contributed by atoms with Crippen molar-refractivity contribution < 1.29 is 9.47 Å². The number of rotatable bonds is 5. The summed E-state index contributed by atoms with van der Waals surface area (Å²) in [5.74, 6) is 0.321. The Morgan fingerprint density at radius 2 is 1.67 bits per heavy atom. The van der Waals surface area contributed by atoms with Gasteiger partial charge in [0.15, 0.2) is 0 Å². The van der Waals surface area contributed by atoms with Gasteiger partial charge in [0.2, 0.25) is 6.29 Å². The van der Waals surface area contributed by atoms with E-state index in [0.717, 1.165) is 0 Å². The van der Waals surface area contributed by atoms with E-state index in [1.54, 1.807) is 0 Å². The van der Waals surface area contributed by atoms with Crippen LogP contribution in [-0.2, 0) is 9.47 Å². The van der Waals surface area contributed by atoms with Crippen molar-refractivity contribution in [2.75, 3.05) is 19.1 Å². The lowest BCUT2D eigenvalue weighted by Crippen LogP contribution is -2.09. The molecule has 0 heterocycles. The van der Waals surface area contributed by atoms with Crippen LogP contribution in [0.3, 0.4) is 0 Å². The van der Waals surface area contributed by atoms with Crippen LogP contribution in [0.2, 0.25) is 0 Å². The smallest absolute Gasteiger partial charge is 0.239 e. The van der Waals surface area contributed by atoms with Crippen molar-refractivity contribution >= 4 is 11.6 Å². The normalized spacial score (nSPS) is 10.7. The molecule has 3 heteroatoms. The predicted molar refractivity (Wildman–Crippen MR) is 37.2 cm³/mol. The van der Waals surface area contributed by atoms with Crippen molar-refractivity contribution in [1.82, 2.24) is 0 Å². The molecular formula is C6H12ClO2. The van der Waals surface area contributed by atoms with E-state index in [-0.39, 0.29) is 0 Å². The molecule has 0 aliphatic rings. The molecule has 0 fully saturated rings. The van der Waals surface area contributed by atoms with Gasteiger partial charge in [-0.1, -0.05) is 0 Å². The summed E-state index contributed by atoms with van der Waals surface area (Å²) in [7, 11) is 0. The van der Waals surface area contributed by atoms with Crippen LogP contribution in [-0.4, -0.2) is 19.1 Å². The minimum absolute atomic E-state index is 0.321. The van der Waals surface area contributed by atoms with Gasteiger partial charge < -0.3 is 9.47 Å². The first-order valence-corrected chi connectivity index (χ1v) is 3.56. The van der Waals surface area contributed by atoms with Gasteiger partial charge >= 0.3 is 0 Å². The first-order chi connectivity index (χ1) is 4.35. The van der Waals surface area contributed by atoms with Gasteiger partial charge in [0.1, 0.15) is 0 Å². The van der Waals surface area contributed by atoms with Crippen LogP contribution in [0.15, 0.2) is 0 Å². The topological polar surface area (TPSA) is 18.5 Å². The van der Waals surface area contributed by atoms with Gasteiger partial charge in [0.05, 0.1) is 5.88 Å². The summed E-state index contributed by atoms with van der Waals surface area (Å²) in [5, 5.41) is 0. The van der Waals surface area contributed by atoms with E-state index < -0.39 is 0 Å². The average Bonchev–Trinajstić information content (AvgIpc) is 1.88. The SMILES string of the molecule is CCO[C](CCl)OCC. The van der Waals surface area contributed by atoms with Crippen molar-refractivity contribution in [1.29, 1.82) is 0 Å². The fraction of sp³-hybridized carbons (Fsp3) is 0.833. The maximum Gasteiger partial charge on any atom is 0.239 e. The third-order valence-corrected chi connectivity index (χ3v) is 0.938. The molecule has 0 aliphatic heterocycles. The van der Waals surface area contributed by atoms with Gasteiger partial charge in [0.25, 0.3) is 0 Å². The lowest BCUT2D eigenvalue weighted by Gasteiger charge is -2.10. The van der Waals surface area contributed by atoms with E-state index >= 15 is 0 Å².